The van der Waals surface area contributed by atoms with Crippen molar-refractivity contribution in [3.63, 3.8) is 0 Å². The predicted molar refractivity (Wildman–Crippen MR) is 83.1 cm³/mol. The van der Waals surface area contributed by atoms with Gasteiger partial charge in [0, 0.05) is 17.6 Å². The Bertz CT molecular complexity index is 762. The minimum Gasteiger partial charge on any atom is -0.325 e. The molecule has 0 aliphatic rings. The fourth-order valence-electron chi connectivity index (χ4n) is 2.21. The summed E-state index contributed by atoms with van der Waals surface area (Å²) in [4.78, 5) is 5.93. The Morgan fingerprint density at radius 1 is 1.20 bits per heavy atom. The maximum atomic E-state index is 5.91. The molecule has 0 radical (unpaired) electrons. The van der Waals surface area contributed by atoms with Crippen LogP contribution < -0.4 is 5.73 Å². The third-order valence-electron chi connectivity index (χ3n) is 3.34. The number of aryl methyl sites for hydroxylation is 2. The van der Waals surface area contributed by atoms with Crippen LogP contribution in [0.5, 0.6) is 0 Å². The van der Waals surface area contributed by atoms with E-state index in [4.69, 9.17) is 10.7 Å². The number of pyridine rings is 1. The number of hydrogen-bond donors (Lipinski definition) is 1. The number of rotatable bonds is 3. The standard InChI is InChI=1S/C16H17N3S/c1-11-6-7-12(2)14(9-11)20-16-13(10-17)19-8-4-3-5-15(19)18-16/h3-9H,10,17H2,1-2H3. The Balaban J connectivity index is 2.08. The van der Waals surface area contributed by atoms with E-state index in [1.165, 1.54) is 16.0 Å². The van der Waals surface area contributed by atoms with Gasteiger partial charge in [0.25, 0.3) is 0 Å². The highest BCUT2D eigenvalue weighted by atomic mass is 32.2. The van der Waals surface area contributed by atoms with Crippen molar-refractivity contribution in [3.05, 3.63) is 59.4 Å². The molecule has 20 heavy (non-hydrogen) atoms. The van der Waals surface area contributed by atoms with Crippen LogP contribution in [0.25, 0.3) is 5.65 Å². The van der Waals surface area contributed by atoms with E-state index < -0.39 is 0 Å². The van der Waals surface area contributed by atoms with Gasteiger partial charge in [0.05, 0.1) is 5.69 Å². The van der Waals surface area contributed by atoms with Crippen LogP contribution in [-0.2, 0) is 6.54 Å². The van der Waals surface area contributed by atoms with Gasteiger partial charge in [-0.1, -0.05) is 30.0 Å². The molecule has 2 N–H and O–H groups in total. The molecule has 2 aromatic heterocycles. The van der Waals surface area contributed by atoms with Crippen LogP contribution in [0, 0.1) is 13.8 Å². The second-order valence-electron chi connectivity index (χ2n) is 4.87. The number of aromatic nitrogens is 2. The van der Waals surface area contributed by atoms with Gasteiger partial charge in [-0.2, -0.15) is 0 Å². The molecular formula is C16H17N3S. The van der Waals surface area contributed by atoms with Gasteiger partial charge in [0.15, 0.2) is 0 Å². The van der Waals surface area contributed by atoms with Crippen LogP contribution in [0.15, 0.2) is 52.5 Å². The van der Waals surface area contributed by atoms with Gasteiger partial charge in [-0.25, -0.2) is 4.98 Å². The predicted octanol–water partition coefficient (Wildman–Crippen LogP) is 3.56. The van der Waals surface area contributed by atoms with E-state index in [1.54, 1.807) is 11.8 Å². The number of nitrogens with zero attached hydrogens (tertiary/aromatic N) is 2. The van der Waals surface area contributed by atoms with Crippen LogP contribution in [-0.4, -0.2) is 9.38 Å². The Hall–Kier alpha value is -1.78. The van der Waals surface area contributed by atoms with E-state index in [0.717, 1.165) is 16.4 Å². The lowest BCUT2D eigenvalue weighted by atomic mass is 10.2. The SMILES string of the molecule is Cc1ccc(C)c(Sc2nc3ccccn3c2CN)c1. The van der Waals surface area contributed by atoms with Crippen molar-refractivity contribution in [2.24, 2.45) is 5.73 Å². The Kier molecular flexibility index (Phi) is 3.51. The summed E-state index contributed by atoms with van der Waals surface area (Å²) in [7, 11) is 0. The summed E-state index contributed by atoms with van der Waals surface area (Å²) in [6.45, 7) is 4.72. The molecule has 0 aliphatic heterocycles. The minimum absolute atomic E-state index is 0.485. The fourth-order valence-corrected chi connectivity index (χ4v) is 3.33. The lowest BCUT2D eigenvalue weighted by Crippen LogP contribution is -2.01. The van der Waals surface area contributed by atoms with Gasteiger partial charge in [0.1, 0.15) is 10.7 Å². The van der Waals surface area contributed by atoms with E-state index in [9.17, 15) is 0 Å². The van der Waals surface area contributed by atoms with Crippen molar-refractivity contribution in [2.45, 2.75) is 30.3 Å². The molecule has 0 unspecified atom stereocenters. The number of benzene rings is 1. The molecule has 0 spiro atoms. The molecule has 0 bridgehead atoms. The van der Waals surface area contributed by atoms with E-state index >= 15 is 0 Å². The molecule has 3 aromatic rings. The summed E-state index contributed by atoms with van der Waals surface area (Å²) < 4.78 is 2.06. The summed E-state index contributed by atoms with van der Waals surface area (Å²) in [5.74, 6) is 0. The molecule has 0 saturated heterocycles. The van der Waals surface area contributed by atoms with Gasteiger partial charge in [-0.05, 0) is 43.2 Å². The quantitative estimate of drug-likeness (QED) is 0.799. The highest BCUT2D eigenvalue weighted by Gasteiger charge is 2.12. The van der Waals surface area contributed by atoms with E-state index in [0.29, 0.717) is 6.54 Å². The molecule has 3 rings (SSSR count). The number of fused-ring (bicyclic) bond motifs is 1. The first kappa shape index (κ1) is 13.2. The molecule has 0 atom stereocenters. The molecule has 0 fully saturated rings. The highest BCUT2D eigenvalue weighted by molar-refractivity contribution is 7.99. The third kappa shape index (κ3) is 2.32. The van der Waals surface area contributed by atoms with Crippen molar-refractivity contribution < 1.29 is 0 Å². The van der Waals surface area contributed by atoms with Crippen molar-refractivity contribution in [1.82, 2.24) is 9.38 Å². The van der Waals surface area contributed by atoms with Crippen LogP contribution in [0.2, 0.25) is 0 Å². The number of imidazole rings is 1. The fraction of sp³-hybridized carbons (Fsp3) is 0.188. The summed E-state index contributed by atoms with van der Waals surface area (Å²) >= 11 is 1.69. The van der Waals surface area contributed by atoms with E-state index in [2.05, 4.69) is 36.4 Å². The van der Waals surface area contributed by atoms with Gasteiger partial charge >= 0.3 is 0 Å². The summed E-state index contributed by atoms with van der Waals surface area (Å²) in [5.41, 5.74) is 10.4. The van der Waals surface area contributed by atoms with Crippen molar-refractivity contribution in [3.8, 4) is 0 Å². The Labute approximate surface area is 122 Å². The lowest BCUT2D eigenvalue weighted by molar-refractivity contribution is 0.920. The van der Waals surface area contributed by atoms with Crippen LogP contribution >= 0.6 is 11.8 Å². The Morgan fingerprint density at radius 3 is 2.85 bits per heavy atom. The topological polar surface area (TPSA) is 43.3 Å². The molecule has 0 amide bonds. The first-order valence-electron chi connectivity index (χ1n) is 6.60. The van der Waals surface area contributed by atoms with Crippen LogP contribution in [0.1, 0.15) is 16.8 Å². The number of hydrogen-bond acceptors (Lipinski definition) is 3. The summed E-state index contributed by atoms with van der Waals surface area (Å²) in [5, 5.41) is 0.993. The zero-order valence-electron chi connectivity index (χ0n) is 11.6. The monoisotopic (exact) mass is 283 g/mol. The van der Waals surface area contributed by atoms with Crippen molar-refractivity contribution in [1.29, 1.82) is 0 Å². The first-order chi connectivity index (χ1) is 9.69. The van der Waals surface area contributed by atoms with Gasteiger partial charge in [0.2, 0.25) is 0 Å². The smallest absolute Gasteiger partial charge is 0.138 e. The largest absolute Gasteiger partial charge is 0.325 e. The maximum Gasteiger partial charge on any atom is 0.138 e. The van der Waals surface area contributed by atoms with Gasteiger partial charge < -0.3 is 10.1 Å². The van der Waals surface area contributed by atoms with E-state index in [-0.39, 0.29) is 0 Å². The maximum absolute atomic E-state index is 5.91. The molecule has 2 heterocycles. The molecule has 0 saturated carbocycles. The second kappa shape index (κ2) is 5.31. The van der Waals surface area contributed by atoms with E-state index in [1.807, 2.05) is 24.4 Å². The highest BCUT2D eigenvalue weighted by Crippen LogP contribution is 2.33. The first-order valence-corrected chi connectivity index (χ1v) is 7.42. The van der Waals surface area contributed by atoms with Crippen molar-refractivity contribution >= 4 is 17.4 Å². The number of nitrogens with two attached hydrogens (primary N) is 1. The molecule has 3 nitrogen and oxygen atoms in total. The van der Waals surface area contributed by atoms with Crippen LogP contribution in [0.4, 0.5) is 0 Å². The zero-order chi connectivity index (χ0) is 14.1. The average molecular weight is 283 g/mol. The van der Waals surface area contributed by atoms with Gasteiger partial charge in [-0.3, -0.25) is 0 Å². The molecule has 102 valence electrons. The molecule has 1 aromatic carbocycles. The third-order valence-corrected chi connectivity index (χ3v) is 4.52. The van der Waals surface area contributed by atoms with Gasteiger partial charge in [-0.15, -0.1) is 0 Å². The summed E-state index contributed by atoms with van der Waals surface area (Å²) in [6, 6.07) is 12.5. The average Bonchev–Trinajstić information content (AvgIpc) is 2.80. The lowest BCUT2D eigenvalue weighted by Gasteiger charge is -2.06. The molecule has 4 heteroatoms. The molecular weight excluding hydrogens is 266 g/mol. The zero-order valence-corrected chi connectivity index (χ0v) is 12.4. The second-order valence-corrected chi connectivity index (χ2v) is 5.90. The Morgan fingerprint density at radius 2 is 2.05 bits per heavy atom. The van der Waals surface area contributed by atoms with Crippen LogP contribution in [0.3, 0.4) is 0 Å². The molecule has 0 aliphatic carbocycles. The van der Waals surface area contributed by atoms with Crippen molar-refractivity contribution in [2.75, 3.05) is 0 Å². The summed E-state index contributed by atoms with van der Waals surface area (Å²) in [6.07, 6.45) is 2.01. The minimum atomic E-state index is 0.485. The normalized spacial score (nSPS) is 11.2.